The third-order valence-corrected chi connectivity index (χ3v) is 3.05. The van der Waals surface area contributed by atoms with Gasteiger partial charge in [0.1, 0.15) is 11.5 Å². The Morgan fingerprint density at radius 2 is 1.30 bits per heavy atom. The molecule has 23 heavy (non-hydrogen) atoms. The second-order valence-electron chi connectivity index (χ2n) is 5.14. The van der Waals surface area contributed by atoms with Crippen LogP contribution in [-0.4, -0.2) is 0 Å². The van der Waals surface area contributed by atoms with E-state index >= 15 is 0 Å². The van der Waals surface area contributed by atoms with Crippen molar-refractivity contribution in [3.8, 4) is 11.5 Å². The normalized spacial score (nSPS) is 9.83. The van der Waals surface area contributed by atoms with Gasteiger partial charge in [-0.15, -0.1) is 13.2 Å². The molecular formula is C22H24O. The Hall–Kier alpha value is -2.80. The first-order valence-corrected chi connectivity index (χ1v) is 7.42. The summed E-state index contributed by atoms with van der Waals surface area (Å²) in [6, 6.07) is 15.9. The third kappa shape index (κ3) is 6.23. The molecular weight excluding hydrogens is 280 g/mol. The summed E-state index contributed by atoms with van der Waals surface area (Å²) in [4.78, 5) is 0. The molecule has 2 aromatic carbocycles. The Labute approximate surface area is 139 Å². The summed E-state index contributed by atoms with van der Waals surface area (Å²) in [5.74, 6) is 1.66. The molecule has 2 rings (SSSR count). The molecule has 0 aliphatic rings. The first kappa shape index (κ1) is 18.2. The zero-order chi connectivity index (χ0) is 17.2. The third-order valence-electron chi connectivity index (χ3n) is 3.05. The summed E-state index contributed by atoms with van der Waals surface area (Å²) in [6.45, 7) is 17.9. The molecule has 0 saturated heterocycles. The van der Waals surface area contributed by atoms with Gasteiger partial charge in [-0.3, -0.25) is 0 Å². The van der Waals surface area contributed by atoms with E-state index in [1.165, 1.54) is 5.56 Å². The minimum absolute atomic E-state index is 0.819. The molecule has 0 aliphatic heterocycles. The average Bonchev–Trinajstić information content (AvgIpc) is 2.57. The zero-order valence-corrected chi connectivity index (χ0v) is 14.0. The highest BCUT2D eigenvalue weighted by Gasteiger charge is 1.99. The maximum absolute atomic E-state index is 5.80. The average molecular weight is 304 g/mol. The number of rotatable bonds is 5. The fourth-order valence-electron chi connectivity index (χ4n) is 1.82. The van der Waals surface area contributed by atoms with Gasteiger partial charge in [0.25, 0.3) is 0 Å². The highest BCUT2D eigenvalue weighted by molar-refractivity contribution is 5.72. The van der Waals surface area contributed by atoms with Crippen molar-refractivity contribution in [2.24, 2.45) is 0 Å². The maximum atomic E-state index is 5.80. The number of benzene rings is 2. The van der Waals surface area contributed by atoms with Gasteiger partial charge in [-0.2, -0.15) is 0 Å². The van der Waals surface area contributed by atoms with E-state index in [0.717, 1.165) is 28.2 Å². The van der Waals surface area contributed by atoms with Crippen LogP contribution in [-0.2, 0) is 0 Å². The molecule has 0 spiro atoms. The predicted octanol–water partition coefficient (Wildman–Crippen LogP) is 6.74. The lowest BCUT2D eigenvalue weighted by Crippen LogP contribution is -1.85. The lowest BCUT2D eigenvalue weighted by Gasteiger charge is -2.07. The Kier molecular flexibility index (Phi) is 7.35. The maximum Gasteiger partial charge on any atom is 0.127 e. The molecule has 0 bridgehead atoms. The summed E-state index contributed by atoms with van der Waals surface area (Å²) < 4.78 is 5.80. The van der Waals surface area contributed by atoms with Crippen LogP contribution in [0.1, 0.15) is 18.1 Å². The number of hydrogen-bond donors (Lipinski definition) is 0. The molecule has 0 aliphatic carbocycles. The molecule has 2 aromatic rings. The Morgan fingerprint density at radius 3 is 1.78 bits per heavy atom. The van der Waals surface area contributed by atoms with E-state index in [1.54, 1.807) is 0 Å². The zero-order valence-electron chi connectivity index (χ0n) is 14.0. The van der Waals surface area contributed by atoms with Gasteiger partial charge in [0.15, 0.2) is 0 Å². The highest BCUT2D eigenvalue weighted by Crippen LogP contribution is 2.24. The van der Waals surface area contributed by atoms with E-state index < -0.39 is 0 Å². The van der Waals surface area contributed by atoms with E-state index in [9.17, 15) is 0 Å². The van der Waals surface area contributed by atoms with Crippen molar-refractivity contribution in [1.82, 2.24) is 0 Å². The minimum Gasteiger partial charge on any atom is -0.457 e. The molecule has 0 N–H and O–H groups in total. The lowest BCUT2D eigenvalue weighted by atomic mass is 10.1. The molecule has 0 amide bonds. The highest BCUT2D eigenvalue weighted by atomic mass is 16.5. The molecule has 1 nitrogen and oxygen atoms in total. The molecule has 118 valence electrons. The fraction of sp³-hybridized carbons (Fsp3) is 0.0909. The van der Waals surface area contributed by atoms with Crippen LogP contribution in [0.3, 0.4) is 0 Å². The Morgan fingerprint density at radius 1 is 0.826 bits per heavy atom. The number of allylic oxidation sites excluding steroid dienone is 4. The van der Waals surface area contributed by atoms with E-state index in [4.69, 9.17) is 4.74 Å². The van der Waals surface area contributed by atoms with Gasteiger partial charge in [0.05, 0.1) is 0 Å². The van der Waals surface area contributed by atoms with Crippen molar-refractivity contribution in [2.75, 3.05) is 0 Å². The van der Waals surface area contributed by atoms with Crippen LogP contribution in [0.4, 0.5) is 0 Å². The van der Waals surface area contributed by atoms with Crippen LogP contribution in [0.15, 0.2) is 92.6 Å². The van der Waals surface area contributed by atoms with Crippen LogP contribution in [0, 0.1) is 6.92 Å². The molecule has 0 unspecified atom stereocenters. The van der Waals surface area contributed by atoms with Crippen LogP contribution in [0.5, 0.6) is 11.5 Å². The van der Waals surface area contributed by atoms with E-state index in [-0.39, 0.29) is 0 Å². The van der Waals surface area contributed by atoms with E-state index in [1.807, 2.05) is 67.6 Å². The monoisotopic (exact) mass is 304 g/mol. The van der Waals surface area contributed by atoms with Crippen molar-refractivity contribution in [3.63, 3.8) is 0 Å². The van der Waals surface area contributed by atoms with Gasteiger partial charge < -0.3 is 4.74 Å². The first-order chi connectivity index (χ1) is 11.0. The smallest absolute Gasteiger partial charge is 0.127 e. The second kappa shape index (κ2) is 9.26. The standard InChI is InChI=1S/C20H20O.C2H4/c1-15(2)5-8-17(4)18-9-13-20(14-10-18)21-19-11-6-16(3)7-12-19;1-2/h5-14H,1,4H2,2-3H3;1-2H2/b8-5-;. The molecule has 0 heterocycles. The van der Waals surface area contributed by atoms with Crippen molar-refractivity contribution < 1.29 is 4.74 Å². The molecule has 0 aromatic heterocycles. The van der Waals surface area contributed by atoms with Crippen molar-refractivity contribution >= 4 is 5.57 Å². The van der Waals surface area contributed by atoms with Gasteiger partial charge >= 0.3 is 0 Å². The largest absolute Gasteiger partial charge is 0.457 e. The van der Waals surface area contributed by atoms with E-state index in [0.29, 0.717) is 0 Å². The van der Waals surface area contributed by atoms with Gasteiger partial charge in [0, 0.05) is 0 Å². The molecule has 1 heteroatoms. The summed E-state index contributed by atoms with van der Waals surface area (Å²) in [5.41, 5.74) is 4.26. The van der Waals surface area contributed by atoms with Crippen molar-refractivity contribution in [2.45, 2.75) is 13.8 Å². The SMILES string of the molecule is C=C.C=C(C)/C=C\C(=C)c1ccc(Oc2ccc(C)cc2)cc1. The summed E-state index contributed by atoms with van der Waals surface area (Å²) >= 11 is 0. The summed E-state index contributed by atoms with van der Waals surface area (Å²) in [5, 5.41) is 0. The van der Waals surface area contributed by atoms with Gasteiger partial charge in [-0.1, -0.05) is 60.7 Å². The Balaban J connectivity index is 0.00000127. The van der Waals surface area contributed by atoms with Crippen LogP contribution in [0.25, 0.3) is 5.57 Å². The van der Waals surface area contributed by atoms with E-state index in [2.05, 4.69) is 33.2 Å². The first-order valence-electron chi connectivity index (χ1n) is 7.42. The number of hydrogen-bond acceptors (Lipinski definition) is 1. The van der Waals surface area contributed by atoms with Crippen LogP contribution in [0.2, 0.25) is 0 Å². The molecule has 0 saturated carbocycles. The van der Waals surface area contributed by atoms with Crippen molar-refractivity contribution in [1.29, 1.82) is 0 Å². The summed E-state index contributed by atoms with van der Waals surface area (Å²) in [7, 11) is 0. The molecule has 0 atom stereocenters. The van der Waals surface area contributed by atoms with Gasteiger partial charge in [-0.25, -0.2) is 0 Å². The molecule has 0 radical (unpaired) electrons. The minimum atomic E-state index is 0.819. The predicted molar refractivity (Wildman–Crippen MR) is 102 cm³/mol. The van der Waals surface area contributed by atoms with Gasteiger partial charge in [-0.05, 0) is 49.2 Å². The lowest BCUT2D eigenvalue weighted by molar-refractivity contribution is 0.482. The number of ether oxygens (including phenoxy) is 1. The fourth-order valence-corrected chi connectivity index (χ4v) is 1.82. The quantitative estimate of drug-likeness (QED) is 0.439. The topological polar surface area (TPSA) is 9.23 Å². The summed E-state index contributed by atoms with van der Waals surface area (Å²) in [6.07, 6.45) is 3.93. The number of aryl methyl sites for hydroxylation is 1. The Bertz CT molecular complexity index is 673. The second-order valence-corrected chi connectivity index (χ2v) is 5.14. The van der Waals surface area contributed by atoms with Crippen LogP contribution >= 0.6 is 0 Å². The van der Waals surface area contributed by atoms with Gasteiger partial charge in [0.2, 0.25) is 0 Å². The van der Waals surface area contributed by atoms with Crippen molar-refractivity contribution in [3.05, 3.63) is 104 Å². The van der Waals surface area contributed by atoms with Crippen LogP contribution < -0.4 is 4.74 Å². The molecule has 0 fully saturated rings.